The van der Waals surface area contributed by atoms with Crippen molar-refractivity contribution < 1.29 is 0 Å². The topological polar surface area (TPSA) is 54.7 Å². The van der Waals surface area contributed by atoms with Gasteiger partial charge in [-0.15, -0.1) is 0 Å². The lowest BCUT2D eigenvalue weighted by Crippen LogP contribution is -2.18. The van der Waals surface area contributed by atoms with Gasteiger partial charge in [0.05, 0.1) is 11.9 Å². The Balaban J connectivity index is 2.14. The van der Waals surface area contributed by atoms with E-state index >= 15 is 0 Å². The van der Waals surface area contributed by atoms with Crippen molar-refractivity contribution in [2.24, 2.45) is 5.73 Å². The molecule has 4 heteroatoms. The normalized spacial score (nSPS) is 17.4. The molecule has 1 aliphatic carbocycles. The van der Waals surface area contributed by atoms with Gasteiger partial charge in [-0.2, -0.15) is 5.10 Å². The Bertz CT molecular complexity index is 529. The van der Waals surface area contributed by atoms with Gasteiger partial charge in [-0.1, -0.05) is 29.8 Å². The number of halogens is 1. The largest absolute Gasteiger partial charge is 0.321 e. The van der Waals surface area contributed by atoms with Crippen molar-refractivity contribution >= 4 is 11.6 Å². The maximum atomic E-state index is 6.20. The molecule has 16 heavy (non-hydrogen) atoms. The number of nitrogens with two attached hydrogens (primary N) is 1. The van der Waals surface area contributed by atoms with Gasteiger partial charge >= 0.3 is 0 Å². The van der Waals surface area contributed by atoms with Crippen LogP contribution < -0.4 is 5.73 Å². The molecule has 0 spiro atoms. The fourth-order valence-corrected chi connectivity index (χ4v) is 2.17. The van der Waals surface area contributed by atoms with E-state index in [-0.39, 0.29) is 5.54 Å². The molecule has 0 aliphatic heterocycles. The van der Waals surface area contributed by atoms with Crippen molar-refractivity contribution in [3.63, 3.8) is 0 Å². The van der Waals surface area contributed by atoms with Crippen LogP contribution in [0.5, 0.6) is 0 Å². The second-order valence-electron chi connectivity index (χ2n) is 4.29. The molecule has 2 aromatic rings. The molecule has 1 saturated carbocycles. The third-order valence-corrected chi connectivity index (χ3v) is 3.44. The van der Waals surface area contributed by atoms with Crippen molar-refractivity contribution in [1.29, 1.82) is 0 Å². The number of H-pyrrole nitrogens is 1. The number of aromatic amines is 1. The summed E-state index contributed by atoms with van der Waals surface area (Å²) in [5.41, 5.74) is 8.99. The summed E-state index contributed by atoms with van der Waals surface area (Å²) >= 11 is 6.17. The van der Waals surface area contributed by atoms with E-state index in [0.29, 0.717) is 0 Å². The standard InChI is InChI=1S/C12H12ClN3/c13-10-4-2-1-3-8(10)11-9(7-15-16-11)12(14)5-6-12/h1-4,7H,5-6,14H2,(H,15,16). The highest BCUT2D eigenvalue weighted by molar-refractivity contribution is 6.33. The van der Waals surface area contributed by atoms with Crippen molar-refractivity contribution in [3.8, 4) is 11.3 Å². The zero-order valence-corrected chi connectivity index (χ0v) is 9.46. The molecule has 0 bridgehead atoms. The SMILES string of the molecule is NC1(c2cn[nH]c2-c2ccccc2Cl)CC1. The molecule has 0 atom stereocenters. The van der Waals surface area contributed by atoms with Crippen LogP contribution in [0.25, 0.3) is 11.3 Å². The van der Waals surface area contributed by atoms with E-state index in [4.69, 9.17) is 17.3 Å². The predicted molar refractivity (Wildman–Crippen MR) is 64.1 cm³/mol. The third kappa shape index (κ3) is 1.44. The fourth-order valence-electron chi connectivity index (χ4n) is 1.94. The average Bonchev–Trinajstić information content (AvgIpc) is 2.84. The maximum Gasteiger partial charge on any atom is 0.0715 e. The van der Waals surface area contributed by atoms with Crippen LogP contribution in [0, 0.1) is 0 Å². The van der Waals surface area contributed by atoms with Gasteiger partial charge in [0.15, 0.2) is 0 Å². The van der Waals surface area contributed by atoms with Gasteiger partial charge in [-0.3, -0.25) is 5.10 Å². The van der Waals surface area contributed by atoms with E-state index in [0.717, 1.165) is 34.7 Å². The molecule has 0 radical (unpaired) electrons. The van der Waals surface area contributed by atoms with Gasteiger partial charge in [0.1, 0.15) is 0 Å². The summed E-state index contributed by atoms with van der Waals surface area (Å²) in [4.78, 5) is 0. The first-order valence-corrected chi connectivity index (χ1v) is 5.66. The van der Waals surface area contributed by atoms with E-state index in [2.05, 4.69) is 10.2 Å². The van der Waals surface area contributed by atoms with E-state index in [1.165, 1.54) is 0 Å². The lowest BCUT2D eigenvalue weighted by Gasteiger charge is -2.10. The number of aromatic nitrogens is 2. The van der Waals surface area contributed by atoms with E-state index in [1.54, 1.807) is 0 Å². The van der Waals surface area contributed by atoms with Crippen LogP contribution >= 0.6 is 11.6 Å². The monoisotopic (exact) mass is 233 g/mol. The molecule has 1 heterocycles. The van der Waals surface area contributed by atoms with Crippen LogP contribution in [0.4, 0.5) is 0 Å². The first-order chi connectivity index (χ1) is 7.71. The first-order valence-electron chi connectivity index (χ1n) is 5.28. The van der Waals surface area contributed by atoms with Gasteiger partial charge in [0.25, 0.3) is 0 Å². The molecule has 1 aliphatic rings. The Morgan fingerprint density at radius 3 is 2.75 bits per heavy atom. The Labute approximate surface area is 98.6 Å². The van der Waals surface area contributed by atoms with Gasteiger partial charge < -0.3 is 5.73 Å². The number of nitrogens with one attached hydrogen (secondary N) is 1. The number of hydrogen-bond acceptors (Lipinski definition) is 2. The van der Waals surface area contributed by atoms with Gasteiger partial charge in [0, 0.05) is 21.7 Å². The molecule has 1 fully saturated rings. The molecule has 1 aromatic heterocycles. The van der Waals surface area contributed by atoms with Crippen molar-refractivity contribution in [1.82, 2.24) is 10.2 Å². The van der Waals surface area contributed by atoms with Crippen LogP contribution in [0.2, 0.25) is 5.02 Å². The summed E-state index contributed by atoms with van der Waals surface area (Å²) in [5.74, 6) is 0. The summed E-state index contributed by atoms with van der Waals surface area (Å²) in [6, 6.07) is 7.72. The minimum Gasteiger partial charge on any atom is -0.321 e. The summed E-state index contributed by atoms with van der Waals surface area (Å²) in [6.07, 6.45) is 3.85. The van der Waals surface area contributed by atoms with Crippen LogP contribution in [-0.2, 0) is 5.54 Å². The minimum atomic E-state index is -0.193. The average molecular weight is 234 g/mol. The fraction of sp³-hybridized carbons (Fsp3) is 0.250. The highest BCUT2D eigenvalue weighted by atomic mass is 35.5. The zero-order chi connectivity index (χ0) is 11.2. The van der Waals surface area contributed by atoms with Crippen LogP contribution in [0.1, 0.15) is 18.4 Å². The molecular formula is C12H12ClN3. The Morgan fingerprint density at radius 2 is 2.06 bits per heavy atom. The Morgan fingerprint density at radius 1 is 1.31 bits per heavy atom. The van der Waals surface area contributed by atoms with E-state index in [9.17, 15) is 0 Å². The minimum absolute atomic E-state index is 0.193. The van der Waals surface area contributed by atoms with Crippen LogP contribution in [0.15, 0.2) is 30.5 Å². The quantitative estimate of drug-likeness (QED) is 0.838. The Hall–Kier alpha value is -1.32. The van der Waals surface area contributed by atoms with Crippen molar-refractivity contribution in [2.75, 3.05) is 0 Å². The second kappa shape index (κ2) is 3.34. The lowest BCUT2D eigenvalue weighted by atomic mass is 10.0. The molecular weight excluding hydrogens is 222 g/mol. The summed E-state index contributed by atoms with van der Waals surface area (Å²) in [6.45, 7) is 0. The first kappa shape index (κ1) is 9.87. The molecule has 3 N–H and O–H groups in total. The second-order valence-corrected chi connectivity index (χ2v) is 4.70. The number of rotatable bonds is 2. The van der Waals surface area contributed by atoms with Crippen LogP contribution in [0.3, 0.4) is 0 Å². The molecule has 3 rings (SSSR count). The summed E-state index contributed by atoms with van der Waals surface area (Å²) in [5, 5.41) is 7.80. The van der Waals surface area contributed by atoms with Crippen LogP contribution in [-0.4, -0.2) is 10.2 Å². The van der Waals surface area contributed by atoms with Crippen molar-refractivity contribution in [3.05, 3.63) is 41.0 Å². The third-order valence-electron chi connectivity index (χ3n) is 3.11. The van der Waals surface area contributed by atoms with Crippen molar-refractivity contribution in [2.45, 2.75) is 18.4 Å². The van der Waals surface area contributed by atoms with E-state index in [1.807, 2.05) is 30.5 Å². The molecule has 3 nitrogen and oxygen atoms in total. The van der Waals surface area contributed by atoms with Gasteiger partial charge in [-0.05, 0) is 18.9 Å². The molecule has 82 valence electrons. The smallest absolute Gasteiger partial charge is 0.0715 e. The zero-order valence-electron chi connectivity index (χ0n) is 8.70. The summed E-state index contributed by atoms with van der Waals surface area (Å²) in [7, 11) is 0. The predicted octanol–water partition coefficient (Wildman–Crippen LogP) is 2.68. The molecule has 0 saturated heterocycles. The molecule has 1 aromatic carbocycles. The van der Waals surface area contributed by atoms with Gasteiger partial charge in [0.2, 0.25) is 0 Å². The highest BCUT2D eigenvalue weighted by Crippen LogP contribution is 2.46. The molecule has 0 amide bonds. The maximum absolute atomic E-state index is 6.20. The number of benzene rings is 1. The van der Waals surface area contributed by atoms with E-state index < -0.39 is 0 Å². The molecule has 0 unspecified atom stereocenters. The Kier molecular flexibility index (Phi) is 2.06. The summed E-state index contributed by atoms with van der Waals surface area (Å²) < 4.78 is 0. The van der Waals surface area contributed by atoms with Gasteiger partial charge in [-0.25, -0.2) is 0 Å². The lowest BCUT2D eigenvalue weighted by molar-refractivity contribution is 0.743. The highest BCUT2D eigenvalue weighted by Gasteiger charge is 2.42. The number of nitrogens with zero attached hydrogens (tertiary/aromatic N) is 1. The number of hydrogen-bond donors (Lipinski definition) is 2.